The molecule has 4 atom stereocenters. The smallest absolute Gasteiger partial charge is 0.0517 e. The molecule has 2 saturated carbocycles. The average Bonchev–Trinajstić information content (AvgIpc) is 4.04. The molecule has 0 N–H and O–H groups in total. The van der Waals surface area contributed by atoms with Gasteiger partial charge < -0.3 is 9.80 Å². The van der Waals surface area contributed by atoms with Crippen molar-refractivity contribution in [2.24, 2.45) is 0 Å². The average molecular weight is 961 g/mol. The van der Waals surface area contributed by atoms with E-state index in [2.05, 4.69) is 235 Å². The summed E-state index contributed by atoms with van der Waals surface area (Å²) in [4.78, 5) is 5.45. The molecule has 0 amide bonds. The molecule has 2 nitrogen and oxygen atoms in total. The molecule has 2 heteroatoms. The molecule has 2 fully saturated rings. The van der Waals surface area contributed by atoms with E-state index in [4.69, 9.17) is 0 Å². The molecular formula is C72H68N2. The predicted octanol–water partition coefficient (Wildman–Crippen LogP) is 19.4. The molecule has 15 rings (SSSR count). The van der Waals surface area contributed by atoms with E-state index in [9.17, 15) is 0 Å². The van der Waals surface area contributed by atoms with Gasteiger partial charge in [0.25, 0.3) is 0 Å². The van der Waals surface area contributed by atoms with Crippen molar-refractivity contribution in [1.82, 2.24) is 0 Å². The van der Waals surface area contributed by atoms with Gasteiger partial charge in [-0.05, 0) is 194 Å². The molecule has 74 heavy (non-hydrogen) atoms. The Bertz CT molecular complexity index is 3910. The molecule has 6 aliphatic rings. The fourth-order valence-electron chi connectivity index (χ4n) is 16.9. The molecule has 0 spiro atoms. The van der Waals surface area contributed by atoms with Crippen LogP contribution in [-0.2, 0) is 21.7 Å². The van der Waals surface area contributed by atoms with E-state index in [1.807, 2.05) is 0 Å². The van der Waals surface area contributed by atoms with E-state index in [1.54, 1.807) is 0 Å². The Morgan fingerprint density at radius 3 is 1.55 bits per heavy atom. The van der Waals surface area contributed by atoms with Gasteiger partial charge in [0.05, 0.1) is 11.1 Å². The largest absolute Gasteiger partial charge is 0.334 e. The Hall–Kier alpha value is -6.90. The molecular weight excluding hydrogens is 893 g/mol. The summed E-state index contributed by atoms with van der Waals surface area (Å²) in [5, 5.41) is 5.30. The van der Waals surface area contributed by atoms with Gasteiger partial charge in [0.1, 0.15) is 0 Å². The first-order chi connectivity index (χ1) is 35.7. The van der Waals surface area contributed by atoms with E-state index in [-0.39, 0.29) is 32.7 Å². The van der Waals surface area contributed by atoms with Gasteiger partial charge in [-0.1, -0.05) is 182 Å². The second-order valence-electron chi connectivity index (χ2n) is 25.4. The maximum atomic E-state index is 2.73. The highest BCUT2D eigenvalue weighted by atomic mass is 15.3. The minimum absolute atomic E-state index is 0.000386. The van der Waals surface area contributed by atoms with Crippen molar-refractivity contribution in [1.29, 1.82) is 0 Å². The van der Waals surface area contributed by atoms with Crippen LogP contribution in [0.25, 0.3) is 66.1 Å². The van der Waals surface area contributed by atoms with Crippen molar-refractivity contribution >= 4 is 44.3 Å². The Morgan fingerprint density at radius 1 is 0.338 bits per heavy atom. The summed E-state index contributed by atoms with van der Waals surface area (Å²) >= 11 is 0. The first-order valence-electron chi connectivity index (χ1n) is 28.0. The molecule has 4 unspecified atom stereocenters. The fraction of sp³-hybridized carbons (Fsp3) is 0.306. The maximum Gasteiger partial charge on any atom is 0.0517 e. The highest BCUT2D eigenvalue weighted by Gasteiger charge is 2.59. The van der Waals surface area contributed by atoms with Crippen LogP contribution >= 0.6 is 0 Å². The van der Waals surface area contributed by atoms with Gasteiger partial charge in [-0.15, -0.1) is 0 Å². The second-order valence-corrected chi connectivity index (χ2v) is 25.4. The zero-order chi connectivity index (χ0) is 50.3. The van der Waals surface area contributed by atoms with Gasteiger partial charge >= 0.3 is 0 Å². The summed E-state index contributed by atoms with van der Waals surface area (Å²) in [7, 11) is 0. The SMILES string of the molecule is CC1(C)c2cc(-c3cccc(N4c5ccccc5C5(C)CCCCC45C)c3)ccc2-c2cc3c(cc21)C(C)(C)c1cc(-c2cccc(N4c5ccccc5C5(C)CCCCC45C)c2)c2c(ccc4ccccc42)c1-3. The van der Waals surface area contributed by atoms with E-state index < -0.39 is 0 Å². The lowest BCUT2D eigenvalue weighted by Gasteiger charge is -2.50. The van der Waals surface area contributed by atoms with Gasteiger partial charge in [0.15, 0.2) is 0 Å². The molecule has 2 aliphatic heterocycles. The van der Waals surface area contributed by atoms with Gasteiger partial charge in [-0.25, -0.2) is 0 Å². The van der Waals surface area contributed by atoms with Crippen LogP contribution in [0.5, 0.6) is 0 Å². The highest BCUT2D eigenvalue weighted by molar-refractivity contribution is 6.20. The van der Waals surface area contributed by atoms with Crippen LogP contribution in [0, 0.1) is 0 Å². The standard InChI is InChI=1S/C72H68N2/c1-67(2)59-41-47(46-22-19-24-49(39-46)73-63-29-13-11-27-57(63)69(5)35-15-17-37-71(69,73)7)32-33-52(59)55-42-56-61(44-60(55)67)68(3,4)62-43-54(65-51-26-10-9-21-45(51)31-34-53(65)66(56)62)48-23-20-25-50(40-48)74-64-30-14-12-28-58(64)70(6)36-16-18-38-72(70,74)8/h9-14,19-34,39-44H,15-18,35-38H2,1-8H3. The third-order valence-electron chi connectivity index (χ3n) is 21.3. The number of fused-ring (bicyclic) bond motifs is 16. The molecule has 9 aromatic carbocycles. The first-order valence-corrected chi connectivity index (χ1v) is 28.0. The molecule has 4 aliphatic carbocycles. The van der Waals surface area contributed by atoms with Crippen LogP contribution in [0.4, 0.5) is 22.7 Å². The quantitative estimate of drug-likeness (QED) is 0.162. The van der Waals surface area contributed by atoms with Crippen LogP contribution < -0.4 is 9.80 Å². The number of nitrogens with zero attached hydrogens (tertiary/aromatic N) is 2. The van der Waals surface area contributed by atoms with Crippen LogP contribution in [0.3, 0.4) is 0 Å². The highest BCUT2D eigenvalue weighted by Crippen LogP contribution is 2.64. The van der Waals surface area contributed by atoms with Gasteiger partial charge in [0, 0.05) is 44.4 Å². The summed E-state index contributed by atoms with van der Waals surface area (Å²) in [6.07, 6.45) is 9.99. The van der Waals surface area contributed by atoms with Gasteiger partial charge in [-0.3, -0.25) is 0 Å². The summed E-state index contributed by atoms with van der Waals surface area (Å²) in [6, 6.07) is 66.7. The van der Waals surface area contributed by atoms with Crippen LogP contribution in [0.2, 0.25) is 0 Å². The summed E-state index contributed by atoms with van der Waals surface area (Å²) < 4.78 is 0. The Kier molecular flexibility index (Phi) is 8.98. The minimum atomic E-state index is -0.215. The van der Waals surface area contributed by atoms with Crippen molar-refractivity contribution in [3.8, 4) is 44.5 Å². The number of anilines is 4. The number of benzene rings is 9. The normalized spacial score (nSPS) is 25.2. The zero-order valence-corrected chi connectivity index (χ0v) is 44.7. The maximum absolute atomic E-state index is 2.73. The molecule has 0 aromatic heterocycles. The fourth-order valence-corrected chi connectivity index (χ4v) is 16.9. The van der Waals surface area contributed by atoms with Crippen LogP contribution in [0.15, 0.2) is 170 Å². The van der Waals surface area contributed by atoms with E-state index in [0.29, 0.717) is 0 Å². The van der Waals surface area contributed by atoms with Crippen molar-refractivity contribution < 1.29 is 0 Å². The topological polar surface area (TPSA) is 6.48 Å². The van der Waals surface area contributed by atoms with E-state index in [0.717, 1.165) is 0 Å². The summed E-state index contributed by atoms with van der Waals surface area (Å²) in [6.45, 7) is 20.1. The lowest BCUT2D eigenvalue weighted by Crippen LogP contribution is -2.54. The molecule has 0 saturated heterocycles. The molecule has 9 aromatic rings. The number of para-hydroxylation sites is 2. The Morgan fingerprint density at radius 2 is 0.878 bits per heavy atom. The lowest BCUT2D eigenvalue weighted by atomic mass is 9.61. The van der Waals surface area contributed by atoms with Crippen LogP contribution in [-0.4, -0.2) is 11.1 Å². The van der Waals surface area contributed by atoms with Crippen LogP contribution in [0.1, 0.15) is 140 Å². The van der Waals surface area contributed by atoms with Gasteiger partial charge in [0.2, 0.25) is 0 Å². The van der Waals surface area contributed by atoms with E-state index >= 15 is 0 Å². The number of rotatable bonds is 4. The van der Waals surface area contributed by atoms with Crippen molar-refractivity contribution in [2.45, 2.75) is 139 Å². The minimum Gasteiger partial charge on any atom is -0.334 e. The van der Waals surface area contributed by atoms with Crippen molar-refractivity contribution in [2.75, 3.05) is 9.80 Å². The summed E-state index contributed by atoms with van der Waals surface area (Å²) in [5.74, 6) is 0. The second kappa shape index (κ2) is 14.9. The Labute approximate surface area is 439 Å². The van der Waals surface area contributed by atoms with Gasteiger partial charge in [-0.2, -0.15) is 0 Å². The lowest BCUT2D eigenvalue weighted by molar-refractivity contribution is 0.195. The number of hydrogen-bond donors (Lipinski definition) is 0. The monoisotopic (exact) mass is 961 g/mol. The molecule has 0 radical (unpaired) electrons. The zero-order valence-electron chi connectivity index (χ0n) is 44.7. The number of hydrogen-bond acceptors (Lipinski definition) is 2. The summed E-state index contributed by atoms with van der Waals surface area (Å²) in [5.41, 5.74) is 24.7. The Balaban J connectivity index is 0.861. The molecule has 366 valence electrons. The van der Waals surface area contributed by atoms with Crippen molar-refractivity contribution in [3.05, 3.63) is 203 Å². The predicted molar refractivity (Wildman–Crippen MR) is 313 cm³/mol. The van der Waals surface area contributed by atoms with E-state index in [1.165, 1.54) is 174 Å². The third kappa shape index (κ3) is 5.52. The first kappa shape index (κ1) is 44.6. The third-order valence-corrected chi connectivity index (χ3v) is 21.3. The molecule has 2 heterocycles. The molecule has 0 bridgehead atoms. The van der Waals surface area contributed by atoms with Crippen molar-refractivity contribution in [3.63, 3.8) is 0 Å².